The third-order valence-electron chi connectivity index (χ3n) is 5.89. The maximum Gasteiger partial charge on any atom is 0.252 e. The van der Waals surface area contributed by atoms with Crippen LogP contribution in [0.4, 0.5) is 5.69 Å². The van der Waals surface area contributed by atoms with Crippen LogP contribution in [-0.2, 0) is 11.2 Å². The van der Waals surface area contributed by atoms with E-state index in [-0.39, 0.29) is 11.7 Å². The summed E-state index contributed by atoms with van der Waals surface area (Å²) in [6.07, 6.45) is 2.43. The van der Waals surface area contributed by atoms with Crippen LogP contribution in [0.5, 0.6) is 5.75 Å². The van der Waals surface area contributed by atoms with E-state index >= 15 is 0 Å². The number of hydrogen-bond donors (Lipinski definition) is 2. The van der Waals surface area contributed by atoms with Gasteiger partial charge in [0.05, 0.1) is 11.4 Å². The number of benzodiazepines with no additional fused rings is 1. The Balaban J connectivity index is 1.68. The first-order valence-electron chi connectivity index (χ1n) is 10.6. The van der Waals surface area contributed by atoms with Crippen LogP contribution in [0.1, 0.15) is 23.6 Å². The number of nitrogens with one attached hydrogen (secondary N) is 1. The molecule has 0 radical (unpaired) electrons. The molecule has 1 atom stereocenters. The minimum Gasteiger partial charge on any atom is -0.508 e. The van der Waals surface area contributed by atoms with Crippen molar-refractivity contribution in [3.8, 4) is 5.75 Å². The quantitative estimate of drug-likeness (QED) is 0.447. The fourth-order valence-electron chi connectivity index (χ4n) is 4.33. The molecule has 1 aliphatic rings. The van der Waals surface area contributed by atoms with E-state index in [1.807, 2.05) is 55.6 Å². The lowest BCUT2D eigenvalue weighted by molar-refractivity contribution is -0.119. The normalized spacial score (nSPS) is 16.1. The molecule has 0 fully saturated rings. The zero-order chi connectivity index (χ0) is 22.2. The van der Waals surface area contributed by atoms with Crippen molar-refractivity contribution in [1.82, 2.24) is 4.98 Å². The molecule has 0 spiro atoms. The number of para-hydroxylation sites is 1. The number of carbonyl (C=O) groups is 1. The first-order chi connectivity index (χ1) is 15.5. The first-order valence-corrected chi connectivity index (χ1v) is 11.0. The lowest BCUT2D eigenvalue weighted by atomic mass is 10.00. The summed E-state index contributed by atoms with van der Waals surface area (Å²) < 4.78 is 0. The second kappa shape index (κ2) is 8.17. The predicted molar refractivity (Wildman–Crippen MR) is 129 cm³/mol. The molecule has 0 saturated heterocycles. The lowest BCUT2D eigenvalue weighted by Crippen LogP contribution is -2.38. The Morgan fingerprint density at radius 2 is 1.88 bits per heavy atom. The Morgan fingerprint density at radius 1 is 1.09 bits per heavy atom. The van der Waals surface area contributed by atoms with Crippen LogP contribution < -0.4 is 4.90 Å². The summed E-state index contributed by atoms with van der Waals surface area (Å²) in [5.41, 5.74) is 5.19. The fraction of sp³-hybridized carbons (Fsp3) is 0.154. The monoisotopic (exact) mass is 443 g/mol. The van der Waals surface area contributed by atoms with Crippen molar-refractivity contribution in [2.24, 2.45) is 4.99 Å². The van der Waals surface area contributed by atoms with Crippen molar-refractivity contribution in [1.29, 1.82) is 0 Å². The number of carbonyl (C=O) groups excluding carboxylic acids is 1. The standard InChI is InChI=1S/C26H22ClN3O2/c1-2-30-24-12-9-18(27)14-21(24)25(16-7-10-19(31)11-8-16)29-23(26(30)32)13-17-15-28-22-6-4-3-5-20(17)22/h3-12,14-15,23,28,31H,2,13H2,1H3. The third kappa shape index (κ3) is 3.55. The summed E-state index contributed by atoms with van der Waals surface area (Å²) in [7, 11) is 0. The maximum absolute atomic E-state index is 13.7. The molecule has 6 heteroatoms. The van der Waals surface area contributed by atoms with Crippen LogP contribution in [-0.4, -0.2) is 34.3 Å². The summed E-state index contributed by atoms with van der Waals surface area (Å²) in [4.78, 5) is 23.7. The molecule has 1 unspecified atom stereocenters. The van der Waals surface area contributed by atoms with Crippen LogP contribution in [0.25, 0.3) is 10.9 Å². The molecule has 1 aromatic heterocycles. The van der Waals surface area contributed by atoms with Gasteiger partial charge < -0.3 is 15.0 Å². The number of aromatic amines is 1. The van der Waals surface area contributed by atoms with Crippen molar-refractivity contribution in [2.45, 2.75) is 19.4 Å². The second-order valence-corrected chi connectivity index (χ2v) is 8.28. The van der Waals surface area contributed by atoms with E-state index < -0.39 is 6.04 Å². The average Bonchev–Trinajstić information content (AvgIpc) is 3.16. The molecule has 2 N–H and O–H groups in total. The molecule has 2 heterocycles. The lowest BCUT2D eigenvalue weighted by Gasteiger charge is -2.23. The predicted octanol–water partition coefficient (Wildman–Crippen LogP) is 5.34. The minimum atomic E-state index is -0.593. The van der Waals surface area contributed by atoms with E-state index in [2.05, 4.69) is 11.1 Å². The number of likely N-dealkylation sites (N-methyl/N-ethyl adjacent to an activating group) is 1. The number of aliphatic imine (C=N–C) groups is 1. The highest BCUT2D eigenvalue weighted by Crippen LogP contribution is 2.32. The summed E-state index contributed by atoms with van der Waals surface area (Å²) >= 11 is 6.35. The number of aromatic nitrogens is 1. The number of aromatic hydroxyl groups is 1. The topological polar surface area (TPSA) is 68.7 Å². The first kappa shape index (κ1) is 20.3. The number of amides is 1. The molecule has 5 nitrogen and oxygen atoms in total. The van der Waals surface area contributed by atoms with Gasteiger partial charge >= 0.3 is 0 Å². The number of rotatable bonds is 4. The summed E-state index contributed by atoms with van der Waals surface area (Å²) in [5.74, 6) is 0.131. The number of anilines is 1. The zero-order valence-electron chi connectivity index (χ0n) is 17.5. The SMILES string of the molecule is CCN1C(=O)C(Cc2c[nH]c3ccccc23)N=C(c2ccc(O)cc2)c2cc(Cl)ccc21. The minimum absolute atomic E-state index is 0.0462. The Labute approximate surface area is 191 Å². The second-order valence-electron chi connectivity index (χ2n) is 7.85. The summed E-state index contributed by atoms with van der Waals surface area (Å²) in [6.45, 7) is 2.49. The van der Waals surface area contributed by atoms with Crippen LogP contribution in [0, 0.1) is 0 Å². The van der Waals surface area contributed by atoms with E-state index in [9.17, 15) is 9.90 Å². The van der Waals surface area contributed by atoms with Gasteiger partial charge in [0, 0.05) is 46.2 Å². The van der Waals surface area contributed by atoms with E-state index in [0.717, 1.165) is 33.3 Å². The van der Waals surface area contributed by atoms with Crippen molar-refractivity contribution < 1.29 is 9.90 Å². The van der Waals surface area contributed by atoms with Crippen LogP contribution in [0.3, 0.4) is 0 Å². The van der Waals surface area contributed by atoms with Gasteiger partial charge in [-0.3, -0.25) is 9.79 Å². The van der Waals surface area contributed by atoms with Crippen molar-refractivity contribution in [2.75, 3.05) is 11.4 Å². The maximum atomic E-state index is 13.7. The smallest absolute Gasteiger partial charge is 0.252 e. The zero-order valence-corrected chi connectivity index (χ0v) is 18.3. The van der Waals surface area contributed by atoms with Gasteiger partial charge in [0.1, 0.15) is 11.8 Å². The molecule has 160 valence electrons. The van der Waals surface area contributed by atoms with Gasteiger partial charge in [-0.05, 0) is 61.0 Å². The Kier molecular flexibility index (Phi) is 5.19. The molecular formula is C26H22ClN3O2. The molecule has 1 aliphatic heterocycles. The van der Waals surface area contributed by atoms with Gasteiger partial charge in [0.15, 0.2) is 0 Å². The van der Waals surface area contributed by atoms with Crippen molar-refractivity contribution in [3.05, 3.63) is 94.6 Å². The van der Waals surface area contributed by atoms with Crippen LogP contribution >= 0.6 is 11.6 Å². The molecule has 32 heavy (non-hydrogen) atoms. The molecule has 4 aromatic rings. The van der Waals surface area contributed by atoms with Crippen molar-refractivity contribution >= 4 is 39.8 Å². The molecule has 5 rings (SSSR count). The highest BCUT2D eigenvalue weighted by atomic mass is 35.5. The molecule has 0 aliphatic carbocycles. The number of halogens is 1. The number of hydrogen-bond acceptors (Lipinski definition) is 3. The third-order valence-corrected chi connectivity index (χ3v) is 6.12. The fourth-order valence-corrected chi connectivity index (χ4v) is 4.50. The van der Waals surface area contributed by atoms with Gasteiger partial charge in [0.2, 0.25) is 0 Å². The number of H-pyrrole nitrogens is 1. The number of phenolic OH excluding ortho intramolecular Hbond substituents is 1. The number of nitrogens with zero attached hydrogens (tertiary/aromatic N) is 2. The van der Waals surface area contributed by atoms with Crippen molar-refractivity contribution in [3.63, 3.8) is 0 Å². The van der Waals surface area contributed by atoms with E-state index in [1.54, 1.807) is 23.1 Å². The average molecular weight is 444 g/mol. The molecule has 0 bridgehead atoms. The Hall–Kier alpha value is -3.57. The van der Waals surface area contributed by atoms with Crippen LogP contribution in [0.15, 0.2) is 77.9 Å². The molecule has 3 aromatic carbocycles. The highest BCUT2D eigenvalue weighted by Gasteiger charge is 2.32. The molecule has 0 saturated carbocycles. The van der Waals surface area contributed by atoms with E-state index in [0.29, 0.717) is 23.7 Å². The summed E-state index contributed by atoms with van der Waals surface area (Å²) in [5, 5.41) is 11.4. The van der Waals surface area contributed by atoms with Crippen LogP contribution in [0.2, 0.25) is 5.02 Å². The summed E-state index contributed by atoms with van der Waals surface area (Å²) in [6, 6.07) is 19.9. The van der Waals surface area contributed by atoms with Gasteiger partial charge in [0.25, 0.3) is 5.91 Å². The number of fused-ring (bicyclic) bond motifs is 2. The molecular weight excluding hydrogens is 422 g/mol. The Morgan fingerprint density at radius 3 is 2.66 bits per heavy atom. The van der Waals surface area contributed by atoms with Gasteiger partial charge in [-0.2, -0.15) is 0 Å². The Bertz CT molecular complexity index is 1340. The largest absolute Gasteiger partial charge is 0.508 e. The number of phenols is 1. The molecule has 1 amide bonds. The highest BCUT2D eigenvalue weighted by molar-refractivity contribution is 6.32. The van der Waals surface area contributed by atoms with Gasteiger partial charge in [-0.1, -0.05) is 29.8 Å². The van der Waals surface area contributed by atoms with E-state index in [1.165, 1.54) is 0 Å². The van der Waals surface area contributed by atoms with Gasteiger partial charge in [-0.15, -0.1) is 0 Å². The number of benzene rings is 3. The van der Waals surface area contributed by atoms with E-state index in [4.69, 9.17) is 16.6 Å². The van der Waals surface area contributed by atoms with Gasteiger partial charge in [-0.25, -0.2) is 0 Å².